The zero-order valence-electron chi connectivity index (χ0n) is 16.9. The molecule has 158 valence electrons. The van der Waals surface area contributed by atoms with Gasteiger partial charge >= 0.3 is 0 Å². The predicted octanol–water partition coefficient (Wildman–Crippen LogP) is 6.02. The highest BCUT2D eigenvalue weighted by Crippen LogP contribution is 2.41. The molecule has 0 amide bonds. The number of fused-ring (bicyclic) bond motifs is 8. The van der Waals surface area contributed by atoms with Gasteiger partial charge in [-0.15, -0.1) is 26.6 Å². The zero-order chi connectivity index (χ0) is 21.3. The van der Waals surface area contributed by atoms with E-state index in [1.54, 1.807) is 11.8 Å². The third kappa shape index (κ3) is 3.07. The minimum Gasteiger partial charge on any atom is -0.244 e. The van der Waals surface area contributed by atoms with Gasteiger partial charge in [0.2, 0.25) is 0 Å². The first-order chi connectivity index (χ1) is 15.0. The van der Waals surface area contributed by atoms with Gasteiger partial charge in [0.25, 0.3) is 5.78 Å². The molecule has 4 aromatic heterocycles. The van der Waals surface area contributed by atoms with Gasteiger partial charge in [-0.1, -0.05) is 48.0 Å². The van der Waals surface area contributed by atoms with Crippen LogP contribution in [0.5, 0.6) is 0 Å². The van der Waals surface area contributed by atoms with Crippen molar-refractivity contribution in [2.45, 2.75) is 44.0 Å². The Morgan fingerprint density at radius 1 is 1.23 bits per heavy atom. The molecular formula is C21H18Cl2N6S2. The lowest BCUT2D eigenvalue weighted by molar-refractivity contribution is 0.508. The fraction of sp³-hybridized carbons (Fsp3) is 0.333. The lowest BCUT2D eigenvalue weighted by Crippen LogP contribution is -2.09. The van der Waals surface area contributed by atoms with E-state index in [0.717, 1.165) is 39.9 Å². The number of benzene rings is 1. The van der Waals surface area contributed by atoms with E-state index in [9.17, 15) is 0 Å². The number of rotatable bonds is 3. The van der Waals surface area contributed by atoms with Crippen molar-refractivity contribution in [3.8, 4) is 0 Å². The molecule has 0 spiro atoms. The Kier molecular flexibility index (Phi) is 4.68. The van der Waals surface area contributed by atoms with Gasteiger partial charge in [0.05, 0.1) is 5.39 Å². The summed E-state index contributed by atoms with van der Waals surface area (Å²) in [5.74, 6) is 2.69. The van der Waals surface area contributed by atoms with Crippen LogP contribution >= 0.6 is 46.3 Å². The van der Waals surface area contributed by atoms with Gasteiger partial charge < -0.3 is 0 Å². The zero-order valence-corrected chi connectivity index (χ0v) is 20.0. The standard InChI is InChI=1S/C21H18Cl2N6S2/c1-10-6-7-16-12(8-10)17-18-24-11(2)27-29(18)20-25-26-21(28(20)19(17)31-16)30-9-13-14(22)4-3-5-15(13)23/h3-5,10H,6-9H2,1-2H3. The van der Waals surface area contributed by atoms with Crippen molar-refractivity contribution in [2.24, 2.45) is 5.92 Å². The van der Waals surface area contributed by atoms with Crippen molar-refractivity contribution in [3.63, 3.8) is 0 Å². The summed E-state index contributed by atoms with van der Waals surface area (Å²) in [7, 11) is 0. The second-order valence-corrected chi connectivity index (χ2v) is 10.9. The molecule has 0 fully saturated rings. The maximum absolute atomic E-state index is 6.39. The van der Waals surface area contributed by atoms with Crippen molar-refractivity contribution in [1.29, 1.82) is 0 Å². The van der Waals surface area contributed by atoms with Crippen LogP contribution in [-0.4, -0.2) is 29.2 Å². The van der Waals surface area contributed by atoms with Crippen LogP contribution in [0.2, 0.25) is 10.0 Å². The summed E-state index contributed by atoms with van der Waals surface area (Å²) in [6.07, 6.45) is 3.40. The SMILES string of the molecule is Cc1nc2c3c4c(sc3n3c(SCc5c(Cl)cccc5Cl)nnc3n2n1)CCC(C)C4. The van der Waals surface area contributed by atoms with E-state index < -0.39 is 0 Å². The fourth-order valence-corrected chi connectivity index (χ4v) is 7.40. The summed E-state index contributed by atoms with van der Waals surface area (Å²) in [4.78, 5) is 7.35. The number of thioether (sulfide) groups is 1. The van der Waals surface area contributed by atoms with E-state index in [2.05, 4.69) is 26.6 Å². The third-order valence-electron chi connectivity index (χ3n) is 5.84. The highest BCUT2D eigenvalue weighted by Gasteiger charge is 2.27. The molecule has 6 rings (SSSR count). The number of aromatic nitrogens is 6. The minimum absolute atomic E-state index is 0.608. The fourth-order valence-electron chi connectivity index (χ4n) is 4.33. The van der Waals surface area contributed by atoms with Crippen LogP contribution in [0.4, 0.5) is 0 Å². The number of hydrogen-bond donors (Lipinski definition) is 0. The molecule has 6 nitrogen and oxygen atoms in total. The van der Waals surface area contributed by atoms with Gasteiger partial charge in [0, 0.05) is 20.7 Å². The molecule has 1 aromatic carbocycles. The third-order valence-corrected chi connectivity index (χ3v) is 8.78. The Balaban J connectivity index is 1.58. The average molecular weight is 489 g/mol. The molecule has 0 bridgehead atoms. The van der Waals surface area contributed by atoms with Crippen molar-refractivity contribution >= 4 is 67.9 Å². The van der Waals surface area contributed by atoms with E-state index in [1.165, 1.54) is 22.2 Å². The lowest BCUT2D eigenvalue weighted by atomic mass is 9.89. The molecule has 1 aliphatic rings. The second kappa shape index (κ2) is 7.33. The molecule has 0 saturated carbocycles. The Morgan fingerprint density at radius 2 is 2.03 bits per heavy atom. The first kappa shape index (κ1) is 19.8. The smallest absolute Gasteiger partial charge is 0.244 e. The molecule has 31 heavy (non-hydrogen) atoms. The summed E-state index contributed by atoms with van der Waals surface area (Å²) in [6, 6.07) is 5.58. The first-order valence-electron chi connectivity index (χ1n) is 10.1. The summed E-state index contributed by atoms with van der Waals surface area (Å²) in [6.45, 7) is 4.24. The number of halogens is 2. The van der Waals surface area contributed by atoms with Crippen molar-refractivity contribution < 1.29 is 0 Å². The van der Waals surface area contributed by atoms with Crippen molar-refractivity contribution in [2.75, 3.05) is 0 Å². The Labute approximate surface area is 196 Å². The van der Waals surface area contributed by atoms with Crippen molar-refractivity contribution in [3.05, 3.63) is 50.1 Å². The summed E-state index contributed by atoms with van der Waals surface area (Å²) in [5, 5.41) is 16.9. The Morgan fingerprint density at radius 3 is 2.84 bits per heavy atom. The van der Waals surface area contributed by atoms with Gasteiger partial charge in [-0.05, 0) is 55.4 Å². The highest BCUT2D eigenvalue weighted by atomic mass is 35.5. The number of nitrogens with zero attached hydrogens (tertiary/aromatic N) is 6. The summed E-state index contributed by atoms with van der Waals surface area (Å²) < 4.78 is 3.96. The van der Waals surface area contributed by atoms with Crippen LogP contribution in [0.1, 0.15) is 35.2 Å². The molecule has 5 aromatic rings. The topological polar surface area (TPSA) is 60.4 Å². The van der Waals surface area contributed by atoms with Gasteiger partial charge in [0.15, 0.2) is 10.8 Å². The van der Waals surface area contributed by atoms with Gasteiger partial charge in [-0.3, -0.25) is 0 Å². The van der Waals surface area contributed by atoms with Crippen molar-refractivity contribution in [1.82, 2.24) is 29.2 Å². The van der Waals surface area contributed by atoms with Crippen LogP contribution < -0.4 is 0 Å². The number of thiophene rings is 1. The molecule has 4 heterocycles. The molecule has 0 N–H and O–H groups in total. The lowest BCUT2D eigenvalue weighted by Gasteiger charge is -2.17. The van der Waals surface area contributed by atoms with E-state index in [-0.39, 0.29) is 0 Å². The van der Waals surface area contributed by atoms with Gasteiger partial charge in [0.1, 0.15) is 10.7 Å². The molecule has 1 atom stereocenters. The van der Waals surface area contributed by atoms with E-state index in [0.29, 0.717) is 27.5 Å². The van der Waals surface area contributed by atoms with Crippen LogP contribution in [0.3, 0.4) is 0 Å². The molecular weight excluding hydrogens is 471 g/mol. The Bertz CT molecular complexity index is 1460. The normalized spacial score (nSPS) is 16.6. The molecule has 0 aliphatic heterocycles. The van der Waals surface area contributed by atoms with E-state index in [1.807, 2.05) is 41.0 Å². The second-order valence-electron chi connectivity index (χ2n) is 8.03. The molecule has 1 aliphatic carbocycles. The van der Waals surface area contributed by atoms with Crippen LogP contribution in [0.25, 0.3) is 21.6 Å². The highest BCUT2D eigenvalue weighted by molar-refractivity contribution is 7.98. The molecule has 1 unspecified atom stereocenters. The minimum atomic E-state index is 0.608. The van der Waals surface area contributed by atoms with Crippen LogP contribution in [-0.2, 0) is 18.6 Å². The largest absolute Gasteiger partial charge is 0.260 e. The van der Waals surface area contributed by atoms with Gasteiger partial charge in [-0.25, -0.2) is 9.38 Å². The molecule has 0 radical (unpaired) electrons. The number of aryl methyl sites for hydroxylation is 2. The monoisotopic (exact) mass is 488 g/mol. The quantitative estimate of drug-likeness (QED) is 0.290. The van der Waals surface area contributed by atoms with E-state index >= 15 is 0 Å². The van der Waals surface area contributed by atoms with Gasteiger partial charge in [-0.2, -0.15) is 4.52 Å². The number of hydrogen-bond acceptors (Lipinski definition) is 6. The van der Waals surface area contributed by atoms with Crippen LogP contribution in [0, 0.1) is 12.8 Å². The molecule has 10 heteroatoms. The van der Waals surface area contributed by atoms with Crippen LogP contribution in [0.15, 0.2) is 23.4 Å². The summed E-state index contributed by atoms with van der Waals surface area (Å²) in [5.41, 5.74) is 3.20. The predicted molar refractivity (Wildman–Crippen MR) is 127 cm³/mol. The Hall–Kier alpha value is -1.87. The molecule has 0 saturated heterocycles. The average Bonchev–Trinajstić information content (AvgIpc) is 3.41. The first-order valence-corrected chi connectivity index (χ1v) is 12.7. The maximum Gasteiger partial charge on any atom is 0.260 e. The maximum atomic E-state index is 6.39. The van der Waals surface area contributed by atoms with E-state index in [4.69, 9.17) is 28.2 Å². The summed E-state index contributed by atoms with van der Waals surface area (Å²) >= 11 is 16.2.